The van der Waals surface area contributed by atoms with E-state index in [2.05, 4.69) is 4.90 Å². The van der Waals surface area contributed by atoms with Crippen LogP contribution in [0.1, 0.15) is 20.7 Å². The zero-order valence-electron chi connectivity index (χ0n) is 21.4. The number of carbonyl (C=O) groups is 2. The Balaban J connectivity index is 1.46. The standard InChI is InChI=1S/C27H34FN3O6/c1-34-24-8-7-20(17-25(24)35-2)26(32)31-13-16-37-21(19-31)18-30(10-9-29-11-14-36-15-12-29)27(33)22-5-3-4-6-23(22)28/h3-8,17,21H,9-16,18-19H2,1-2H3/t21-/m1/s1. The minimum atomic E-state index is -0.557. The Bertz CT molecular complexity index is 1080. The van der Waals surface area contributed by atoms with E-state index in [-0.39, 0.29) is 18.0 Å². The molecule has 10 heteroatoms. The van der Waals surface area contributed by atoms with Crippen molar-refractivity contribution >= 4 is 11.8 Å². The van der Waals surface area contributed by atoms with Crippen LogP contribution in [0.3, 0.4) is 0 Å². The maximum atomic E-state index is 14.5. The molecule has 0 spiro atoms. The van der Waals surface area contributed by atoms with Crippen molar-refractivity contribution in [2.24, 2.45) is 0 Å². The van der Waals surface area contributed by atoms with Gasteiger partial charge in [-0.05, 0) is 30.3 Å². The van der Waals surface area contributed by atoms with E-state index >= 15 is 0 Å². The number of halogens is 1. The third-order valence-corrected chi connectivity index (χ3v) is 6.66. The van der Waals surface area contributed by atoms with E-state index in [4.69, 9.17) is 18.9 Å². The van der Waals surface area contributed by atoms with E-state index in [1.165, 1.54) is 19.2 Å². The van der Waals surface area contributed by atoms with E-state index in [9.17, 15) is 14.0 Å². The summed E-state index contributed by atoms with van der Waals surface area (Å²) < 4.78 is 36.4. The Labute approximate surface area is 216 Å². The van der Waals surface area contributed by atoms with Crippen LogP contribution in [0.5, 0.6) is 11.5 Å². The second-order valence-corrected chi connectivity index (χ2v) is 9.00. The summed E-state index contributed by atoms with van der Waals surface area (Å²) in [6, 6.07) is 11.0. The molecule has 2 aliphatic rings. The van der Waals surface area contributed by atoms with Crippen molar-refractivity contribution in [1.29, 1.82) is 0 Å². The first-order valence-corrected chi connectivity index (χ1v) is 12.5. The first-order chi connectivity index (χ1) is 18.0. The molecule has 1 atom stereocenters. The summed E-state index contributed by atoms with van der Waals surface area (Å²) in [4.78, 5) is 32.2. The summed E-state index contributed by atoms with van der Waals surface area (Å²) in [6.45, 7) is 5.26. The molecule has 0 saturated carbocycles. The van der Waals surface area contributed by atoms with E-state index in [0.29, 0.717) is 63.1 Å². The first kappa shape index (κ1) is 26.8. The van der Waals surface area contributed by atoms with Crippen molar-refractivity contribution in [3.63, 3.8) is 0 Å². The Morgan fingerprint density at radius 3 is 2.51 bits per heavy atom. The minimum absolute atomic E-state index is 0.0264. The van der Waals surface area contributed by atoms with E-state index in [0.717, 1.165) is 13.1 Å². The lowest BCUT2D eigenvalue weighted by atomic mass is 10.1. The van der Waals surface area contributed by atoms with E-state index in [1.54, 1.807) is 47.2 Å². The molecule has 0 aliphatic carbocycles. The van der Waals surface area contributed by atoms with Crippen LogP contribution in [-0.2, 0) is 9.47 Å². The molecule has 9 nitrogen and oxygen atoms in total. The van der Waals surface area contributed by atoms with Crippen molar-refractivity contribution in [3.05, 3.63) is 59.4 Å². The molecule has 2 heterocycles. The average Bonchev–Trinajstić information content (AvgIpc) is 2.95. The van der Waals surface area contributed by atoms with Gasteiger partial charge in [-0.3, -0.25) is 14.5 Å². The largest absolute Gasteiger partial charge is 0.493 e. The van der Waals surface area contributed by atoms with Crippen LogP contribution < -0.4 is 9.47 Å². The van der Waals surface area contributed by atoms with Crippen LogP contribution in [-0.4, -0.2) is 112 Å². The zero-order chi connectivity index (χ0) is 26.2. The molecule has 2 saturated heterocycles. The van der Waals surface area contributed by atoms with Crippen LogP contribution in [0.2, 0.25) is 0 Å². The molecule has 200 valence electrons. The number of hydrogen-bond acceptors (Lipinski definition) is 7. The molecule has 0 bridgehead atoms. The molecule has 0 N–H and O–H groups in total. The molecule has 2 aromatic rings. The van der Waals surface area contributed by atoms with Crippen molar-refractivity contribution in [2.45, 2.75) is 6.10 Å². The molecule has 2 fully saturated rings. The molecular weight excluding hydrogens is 481 g/mol. The highest BCUT2D eigenvalue weighted by atomic mass is 19.1. The summed E-state index contributed by atoms with van der Waals surface area (Å²) in [5.74, 6) is -0.0871. The predicted octanol–water partition coefficient (Wildman–Crippen LogP) is 2.16. The Hall–Kier alpha value is -3.21. The van der Waals surface area contributed by atoms with Gasteiger partial charge in [0.25, 0.3) is 11.8 Å². The number of morpholine rings is 2. The molecule has 4 rings (SSSR count). The average molecular weight is 516 g/mol. The van der Waals surface area contributed by atoms with Gasteiger partial charge in [0.1, 0.15) is 5.82 Å². The van der Waals surface area contributed by atoms with Gasteiger partial charge >= 0.3 is 0 Å². The number of carbonyl (C=O) groups excluding carboxylic acids is 2. The van der Waals surface area contributed by atoms with Gasteiger partial charge in [-0.15, -0.1) is 0 Å². The number of methoxy groups -OCH3 is 2. The molecule has 0 unspecified atom stereocenters. The summed E-state index contributed by atoms with van der Waals surface area (Å²) in [5.41, 5.74) is 0.503. The van der Waals surface area contributed by atoms with Crippen molar-refractivity contribution in [1.82, 2.24) is 14.7 Å². The minimum Gasteiger partial charge on any atom is -0.493 e. The second-order valence-electron chi connectivity index (χ2n) is 9.00. The Morgan fingerprint density at radius 2 is 1.78 bits per heavy atom. The van der Waals surface area contributed by atoms with Gasteiger partial charge in [0.15, 0.2) is 11.5 Å². The lowest BCUT2D eigenvalue weighted by molar-refractivity contribution is -0.0347. The molecule has 2 aliphatic heterocycles. The highest BCUT2D eigenvalue weighted by Gasteiger charge is 2.30. The van der Waals surface area contributed by atoms with E-state index < -0.39 is 17.8 Å². The SMILES string of the molecule is COc1ccc(C(=O)N2CCO[C@H](CN(CCN3CCOCC3)C(=O)c3ccccc3F)C2)cc1OC. The van der Waals surface area contributed by atoms with Crippen molar-refractivity contribution in [2.75, 3.05) is 79.9 Å². The number of benzene rings is 2. The number of hydrogen-bond donors (Lipinski definition) is 0. The third-order valence-electron chi connectivity index (χ3n) is 6.66. The maximum absolute atomic E-state index is 14.5. The van der Waals surface area contributed by atoms with E-state index in [1.807, 2.05) is 0 Å². The van der Waals surface area contributed by atoms with Crippen LogP contribution in [0.25, 0.3) is 0 Å². The fraction of sp³-hybridized carbons (Fsp3) is 0.481. The number of rotatable bonds is 9. The lowest BCUT2D eigenvalue weighted by Gasteiger charge is -2.37. The van der Waals surface area contributed by atoms with Gasteiger partial charge in [-0.2, -0.15) is 0 Å². The van der Waals surface area contributed by atoms with Gasteiger partial charge in [-0.1, -0.05) is 12.1 Å². The van der Waals surface area contributed by atoms with Crippen molar-refractivity contribution in [3.8, 4) is 11.5 Å². The molecule has 0 radical (unpaired) electrons. The number of ether oxygens (including phenoxy) is 4. The maximum Gasteiger partial charge on any atom is 0.256 e. The fourth-order valence-corrected chi connectivity index (χ4v) is 4.58. The predicted molar refractivity (Wildman–Crippen MR) is 135 cm³/mol. The second kappa shape index (κ2) is 12.8. The number of nitrogens with zero attached hydrogens (tertiary/aromatic N) is 3. The fourth-order valence-electron chi connectivity index (χ4n) is 4.58. The normalized spacial score (nSPS) is 18.4. The third kappa shape index (κ3) is 6.76. The quantitative estimate of drug-likeness (QED) is 0.506. The van der Waals surface area contributed by atoms with Gasteiger partial charge in [0.05, 0.1) is 45.7 Å². The van der Waals surface area contributed by atoms with Crippen LogP contribution in [0.4, 0.5) is 4.39 Å². The monoisotopic (exact) mass is 515 g/mol. The summed E-state index contributed by atoms with van der Waals surface area (Å²) in [6.07, 6.45) is -0.404. The molecule has 2 aromatic carbocycles. The number of amides is 2. The molecular formula is C27H34FN3O6. The highest BCUT2D eigenvalue weighted by molar-refractivity contribution is 5.95. The van der Waals surface area contributed by atoms with Gasteiger partial charge in [0, 0.05) is 51.4 Å². The molecule has 37 heavy (non-hydrogen) atoms. The van der Waals surface area contributed by atoms with Crippen LogP contribution in [0, 0.1) is 5.82 Å². The topological polar surface area (TPSA) is 80.8 Å². The van der Waals surface area contributed by atoms with Crippen LogP contribution in [0.15, 0.2) is 42.5 Å². The van der Waals surface area contributed by atoms with Gasteiger partial charge in [0.2, 0.25) is 0 Å². The summed E-state index contributed by atoms with van der Waals surface area (Å²) in [5, 5.41) is 0. The summed E-state index contributed by atoms with van der Waals surface area (Å²) >= 11 is 0. The van der Waals surface area contributed by atoms with Gasteiger partial charge < -0.3 is 28.7 Å². The molecule has 2 amide bonds. The smallest absolute Gasteiger partial charge is 0.256 e. The highest BCUT2D eigenvalue weighted by Crippen LogP contribution is 2.28. The van der Waals surface area contributed by atoms with Gasteiger partial charge in [-0.25, -0.2) is 4.39 Å². The molecule has 0 aromatic heterocycles. The van der Waals surface area contributed by atoms with Crippen molar-refractivity contribution < 1.29 is 32.9 Å². The summed E-state index contributed by atoms with van der Waals surface area (Å²) in [7, 11) is 3.06. The Morgan fingerprint density at radius 1 is 1.03 bits per heavy atom. The lowest BCUT2D eigenvalue weighted by Crippen LogP contribution is -2.52. The zero-order valence-corrected chi connectivity index (χ0v) is 21.4. The first-order valence-electron chi connectivity index (χ1n) is 12.5. The Kier molecular flexibility index (Phi) is 9.32. The van der Waals surface area contributed by atoms with Crippen LogP contribution >= 0.6 is 0 Å².